The van der Waals surface area contributed by atoms with Crippen molar-refractivity contribution in [3.63, 3.8) is 0 Å². The van der Waals surface area contributed by atoms with Gasteiger partial charge in [-0.05, 0) is 202 Å². The molecular formula is C60H72N12O13S3. The highest BCUT2D eigenvalue weighted by molar-refractivity contribution is 7.90. The van der Waals surface area contributed by atoms with Crippen LogP contribution in [0.4, 0.5) is 31.4 Å². The highest BCUT2D eigenvalue weighted by Crippen LogP contribution is 2.43. The number of carbonyl (C=O) groups is 3. The number of urea groups is 3. The van der Waals surface area contributed by atoms with Crippen molar-refractivity contribution in [1.29, 1.82) is 0 Å². The van der Waals surface area contributed by atoms with Gasteiger partial charge in [0, 0.05) is 50.1 Å². The maximum atomic E-state index is 12.8. The first kappa shape index (κ1) is 59.3. The number of amides is 6. The van der Waals surface area contributed by atoms with Crippen molar-refractivity contribution in [2.75, 3.05) is 36.3 Å². The standard InChI is InChI=1S/C20H24N4O5S.2C20H24N4O4S/c1-28-14-10-24-19(29-11-14)17(9-21-24)30(26,27)23-20(25)22-18-15-6-2-4-12(15)8-13-5-3-7-16(13)18;1-12-13-5-2-7-15(13)18(16-8-3-6-14(12)16)22-20(25)23-29(26,27)17-11-21-24-9-4-10-28-19(17)24;1-12-8-9-24-19(28-12)17(11-21-24)29(26,27)23-20(25)22-18-15-6-2-4-13(15)10-14-5-3-7-16(14)18/h8-9,14H,2-7,10-11H2,1H3,(H2,22,23,25);11H,2-10H2,1H3,(H2,22,23,25);10-12H,2-9H2,1H3,(H2,22,23,25). The summed E-state index contributed by atoms with van der Waals surface area (Å²) in [6.45, 7) is 6.27. The molecule has 3 aliphatic heterocycles. The third-order valence-electron chi connectivity index (χ3n) is 18.4. The zero-order valence-corrected chi connectivity index (χ0v) is 51.9. The lowest BCUT2D eigenvalue weighted by atomic mass is 9.93. The van der Waals surface area contributed by atoms with E-state index in [1.165, 1.54) is 82.7 Å². The molecule has 6 aromatic rings. The molecule has 25 nitrogen and oxygen atoms in total. The molecule has 0 spiro atoms. The normalized spacial score (nSPS) is 18.9. The minimum absolute atomic E-state index is 0.100. The van der Waals surface area contributed by atoms with Gasteiger partial charge in [-0.3, -0.25) is 0 Å². The highest BCUT2D eigenvalue weighted by atomic mass is 32.2. The number of benzene rings is 3. The van der Waals surface area contributed by atoms with Crippen LogP contribution >= 0.6 is 0 Å². The van der Waals surface area contributed by atoms with Gasteiger partial charge in [0.15, 0.2) is 14.7 Å². The van der Waals surface area contributed by atoms with E-state index >= 15 is 0 Å². The van der Waals surface area contributed by atoms with E-state index in [2.05, 4.69) is 64.5 Å². The van der Waals surface area contributed by atoms with Crippen LogP contribution in [0.5, 0.6) is 17.6 Å². The molecule has 6 aliphatic carbocycles. The molecule has 0 fully saturated rings. The summed E-state index contributed by atoms with van der Waals surface area (Å²) >= 11 is 0. The fourth-order valence-electron chi connectivity index (χ4n) is 14.2. The van der Waals surface area contributed by atoms with Gasteiger partial charge in [0.1, 0.15) is 12.7 Å². The van der Waals surface area contributed by atoms with Gasteiger partial charge in [-0.2, -0.15) is 15.3 Å². The number of nitrogens with zero attached hydrogens (tertiary/aromatic N) is 6. The minimum atomic E-state index is -4.14. The van der Waals surface area contributed by atoms with Gasteiger partial charge in [-0.15, -0.1) is 0 Å². The van der Waals surface area contributed by atoms with E-state index in [-0.39, 0.29) is 51.1 Å². The van der Waals surface area contributed by atoms with Crippen molar-refractivity contribution in [3.8, 4) is 17.6 Å². The van der Waals surface area contributed by atoms with Gasteiger partial charge < -0.3 is 34.9 Å². The quantitative estimate of drug-likeness (QED) is 0.0823. The highest BCUT2D eigenvalue weighted by Gasteiger charge is 2.36. The maximum Gasteiger partial charge on any atom is 0.333 e. The van der Waals surface area contributed by atoms with Crippen LogP contribution in [0.1, 0.15) is 131 Å². The van der Waals surface area contributed by atoms with Crippen LogP contribution in [-0.4, -0.2) is 105 Å². The molecule has 88 heavy (non-hydrogen) atoms. The summed E-state index contributed by atoms with van der Waals surface area (Å²) in [6.07, 6.45) is 22.7. The lowest BCUT2D eigenvalue weighted by molar-refractivity contribution is 0.0165. The van der Waals surface area contributed by atoms with Gasteiger partial charge >= 0.3 is 18.1 Å². The molecular weight excluding hydrogens is 1190 g/mol. The fraction of sp³-hybridized carbons (Fsp3) is 0.500. The smallest absolute Gasteiger partial charge is 0.333 e. The second kappa shape index (κ2) is 23.7. The van der Waals surface area contributed by atoms with Gasteiger partial charge in [0.25, 0.3) is 30.1 Å². The van der Waals surface area contributed by atoms with E-state index in [1.54, 1.807) is 7.11 Å². The van der Waals surface area contributed by atoms with E-state index in [1.807, 2.05) is 6.92 Å². The van der Waals surface area contributed by atoms with Gasteiger partial charge in [-0.1, -0.05) is 12.1 Å². The number of aryl methyl sites for hydroxylation is 6. The Morgan fingerprint density at radius 2 is 0.886 bits per heavy atom. The Morgan fingerprint density at radius 1 is 0.500 bits per heavy atom. The molecule has 3 aromatic heterocycles. The second-order valence-corrected chi connectivity index (χ2v) is 28.9. The lowest BCUT2D eigenvalue weighted by Gasteiger charge is -2.23. The van der Waals surface area contributed by atoms with E-state index in [9.17, 15) is 39.6 Å². The summed E-state index contributed by atoms with van der Waals surface area (Å²) in [5, 5.41) is 20.8. The van der Waals surface area contributed by atoms with Crippen molar-refractivity contribution in [2.24, 2.45) is 0 Å². The average Bonchev–Trinajstić information content (AvgIpc) is 1.99. The summed E-state index contributed by atoms with van der Waals surface area (Å²) in [7, 11) is -10.8. The molecule has 6 heterocycles. The number of carbonyl (C=O) groups excluding carboxylic acids is 3. The Bertz CT molecular complexity index is 4090. The molecule has 6 amide bonds. The van der Waals surface area contributed by atoms with E-state index in [0.717, 1.165) is 168 Å². The van der Waals surface area contributed by atoms with Crippen LogP contribution in [0.15, 0.2) is 45.4 Å². The number of hydrogen-bond donors (Lipinski definition) is 6. The first-order valence-corrected chi connectivity index (χ1v) is 34.9. The molecule has 15 rings (SSSR count). The Labute approximate surface area is 510 Å². The Morgan fingerprint density at radius 3 is 1.35 bits per heavy atom. The molecule has 9 aliphatic rings. The first-order chi connectivity index (χ1) is 42.3. The number of sulfonamides is 3. The molecule has 28 heteroatoms. The van der Waals surface area contributed by atoms with Crippen LogP contribution < -0.4 is 44.3 Å². The summed E-state index contributed by atoms with van der Waals surface area (Å²) < 4.78 is 110. The minimum Gasteiger partial charge on any atom is -0.477 e. The number of fused-ring (bicyclic) bond motifs is 9. The number of methoxy groups -OCH3 is 1. The topological polar surface area (TPSA) is 316 Å². The first-order valence-electron chi connectivity index (χ1n) is 30.5. The number of anilines is 3. The molecule has 2 unspecified atom stereocenters. The number of ether oxygens (including phenoxy) is 4. The Hall–Kier alpha value is -7.69. The Balaban J connectivity index is 0.000000122. The SMILES string of the molecule is CC1CCn2ncc(S(=O)(=O)NC(=O)Nc3c4c(cc5c3CCC5)CCC4)c2O1.COC1COc2c(S(=O)(=O)NC(=O)Nc3c4c(cc5c3CCC5)CCC4)cnn2C1.Cc1c2c(c(NC(=O)NS(=O)(=O)c3cnn4c3OCCC4)c3c1CCC3)CCC2. The monoisotopic (exact) mass is 1260 g/mol. The zero-order chi connectivity index (χ0) is 61.2. The van der Waals surface area contributed by atoms with Crippen molar-refractivity contribution in [2.45, 2.75) is 189 Å². The number of nitrogens with one attached hydrogen (secondary N) is 6. The Kier molecular flexibility index (Phi) is 16.0. The van der Waals surface area contributed by atoms with E-state index in [4.69, 9.17) is 18.9 Å². The largest absolute Gasteiger partial charge is 0.477 e. The lowest BCUT2D eigenvalue weighted by Crippen LogP contribution is -2.36. The predicted molar refractivity (Wildman–Crippen MR) is 322 cm³/mol. The molecule has 0 saturated carbocycles. The van der Waals surface area contributed by atoms with Crippen LogP contribution in [0.3, 0.4) is 0 Å². The summed E-state index contributed by atoms with van der Waals surface area (Å²) in [5.41, 5.74) is 18.4. The van der Waals surface area contributed by atoms with Gasteiger partial charge in [0.2, 0.25) is 17.6 Å². The van der Waals surface area contributed by atoms with Crippen molar-refractivity contribution >= 4 is 65.2 Å². The second-order valence-electron chi connectivity index (χ2n) is 23.9. The number of rotatable bonds is 10. The van der Waals surface area contributed by atoms with Gasteiger partial charge in [0.05, 0.1) is 37.8 Å². The molecule has 3 aromatic carbocycles. The van der Waals surface area contributed by atoms with Crippen LogP contribution in [-0.2, 0) is 131 Å². The average molecular weight is 1270 g/mol. The van der Waals surface area contributed by atoms with E-state index in [0.29, 0.717) is 26.2 Å². The van der Waals surface area contributed by atoms with Gasteiger partial charge in [-0.25, -0.2) is 67.8 Å². The predicted octanol–water partition coefficient (Wildman–Crippen LogP) is 6.78. The molecule has 6 N–H and O–H groups in total. The molecule has 468 valence electrons. The third-order valence-corrected chi connectivity index (χ3v) is 22.3. The fourth-order valence-corrected chi connectivity index (χ4v) is 17.2. The number of aromatic nitrogens is 6. The third kappa shape index (κ3) is 11.3. The van der Waals surface area contributed by atoms with Crippen LogP contribution in [0.2, 0.25) is 0 Å². The van der Waals surface area contributed by atoms with Crippen molar-refractivity contribution < 1.29 is 58.6 Å². The van der Waals surface area contributed by atoms with Crippen LogP contribution in [0.25, 0.3) is 0 Å². The summed E-state index contributed by atoms with van der Waals surface area (Å²) in [6, 6.07) is 2.27. The number of hydrogen-bond acceptors (Lipinski definition) is 16. The molecule has 0 radical (unpaired) electrons. The van der Waals surface area contributed by atoms with Crippen molar-refractivity contribution in [3.05, 3.63) is 103 Å². The van der Waals surface area contributed by atoms with E-state index < -0.39 is 48.2 Å². The zero-order valence-electron chi connectivity index (χ0n) is 49.4. The molecule has 2 atom stereocenters. The molecule has 0 saturated heterocycles. The molecule has 0 bridgehead atoms. The summed E-state index contributed by atoms with van der Waals surface area (Å²) in [4.78, 5) is 37.7. The van der Waals surface area contributed by atoms with Crippen LogP contribution in [0, 0.1) is 6.92 Å². The maximum absolute atomic E-state index is 12.8. The summed E-state index contributed by atoms with van der Waals surface area (Å²) in [5.74, 6) is 0.490. The van der Waals surface area contributed by atoms with Crippen molar-refractivity contribution in [1.82, 2.24) is 43.5 Å².